The van der Waals surface area contributed by atoms with Crippen molar-refractivity contribution >= 4 is 21.6 Å². The molecule has 7 heteroatoms. The summed E-state index contributed by atoms with van der Waals surface area (Å²) in [5, 5.41) is 2.61. The first-order chi connectivity index (χ1) is 9.91. The summed E-state index contributed by atoms with van der Waals surface area (Å²) >= 11 is 0. The van der Waals surface area contributed by atoms with E-state index in [9.17, 15) is 13.2 Å². The highest BCUT2D eigenvalue weighted by atomic mass is 32.2. The number of carbonyl (C=O) groups is 1. The van der Waals surface area contributed by atoms with Gasteiger partial charge in [0, 0.05) is 25.7 Å². The Morgan fingerprint density at radius 3 is 2.33 bits per heavy atom. The lowest BCUT2D eigenvalue weighted by Gasteiger charge is -2.21. The Labute approximate surface area is 126 Å². The molecule has 0 radical (unpaired) electrons. The molecule has 21 heavy (non-hydrogen) atoms. The fourth-order valence-electron chi connectivity index (χ4n) is 1.93. The second-order valence-electron chi connectivity index (χ2n) is 4.75. The van der Waals surface area contributed by atoms with E-state index in [0.29, 0.717) is 31.7 Å². The van der Waals surface area contributed by atoms with E-state index < -0.39 is 10.0 Å². The Kier molecular flexibility index (Phi) is 6.80. The van der Waals surface area contributed by atoms with Gasteiger partial charge in [-0.3, -0.25) is 4.79 Å². The molecule has 0 spiro atoms. The van der Waals surface area contributed by atoms with Crippen molar-refractivity contribution in [1.29, 1.82) is 0 Å². The molecule has 0 heterocycles. The van der Waals surface area contributed by atoms with E-state index in [1.807, 2.05) is 6.92 Å². The average Bonchev–Trinajstić information content (AvgIpc) is 2.43. The van der Waals surface area contributed by atoms with Gasteiger partial charge in [-0.05, 0) is 43.7 Å². The van der Waals surface area contributed by atoms with Crippen molar-refractivity contribution in [3.05, 3.63) is 24.3 Å². The van der Waals surface area contributed by atoms with Gasteiger partial charge in [-0.1, -0.05) is 6.92 Å². The Hall–Kier alpha value is -1.44. The van der Waals surface area contributed by atoms with Crippen molar-refractivity contribution in [2.75, 3.05) is 25.0 Å². The van der Waals surface area contributed by atoms with Crippen molar-refractivity contribution in [2.24, 2.45) is 5.73 Å². The van der Waals surface area contributed by atoms with Crippen LogP contribution in [0.25, 0.3) is 0 Å². The average molecular weight is 313 g/mol. The number of amides is 1. The zero-order valence-corrected chi connectivity index (χ0v) is 13.3. The summed E-state index contributed by atoms with van der Waals surface area (Å²) in [6.07, 6.45) is 1.37. The molecule has 1 aromatic rings. The van der Waals surface area contributed by atoms with Crippen LogP contribution in [0.4, 0.5) is 5.69 Å². The van der Waals surface area contributed by atoms with Crippen LogP contribution in [0.15, 0.2) is 29.2 Å². The maximum Gasteiger partial charge on any atom is 0.243 e. The lowest BCUT2D eigenvalue weighted by atomic mass is 10.3. The van der Waals surface area contributed by atoms with E-state index in [4.69, 9.17) is 5.73 Å². The van der Waals surface area contributed by atoms with Gasteiger partial charge in [-0.2, -0.15) is 4.31 Å². The van der Waals surface area contributed by atoms with Gasteiger partial charge < -0.3 is 11.1 Å². The highest BCUT2D eigenvalue weighted by Gasteiger charge is 2.23. The maximum absolute atomic E-state index is 12.6. The molecule has 0 aliphatic carbocycles. The molecule has 0 unspecified atom stereocenters. The number of anilines is 1. The SMILES string of the molecule is CCCN(CCCN)S(=O)(=O)c1ccc(NC(C)=O)cc1. The molecule has 0 atom stereocenters. The van der Waals surface area contributed by atoms with Crippen LogP contribution in [-0.4, -0.2) is 38.3 Å². The molecule has 3 N–H and O–H groups in total. The van der Waals surface area contributed by atoms with Crippen LogP contribution in [0.2, 0.25) is 0 Å². The Morgan fingerprint density at radius 1 is 1.24 bits per heavy atom. The highest BCUT2D eigenvalue weighted by Crippen LogP contribution is 2.19. The Bertz CT molecular complexity index is 555. The predicted molar refractivity (Wildman–Crippen MR) is 83.5 cm³/mol. The zero-order chi connectivity index (χ0) is 15.9. The summed E-state index contributed by atoms with van der Waals surface area (Å²) in [7, 11) is -3.52. The van der Waals surface area contributed by atoms with Crippen LogP contribution in [0, 0.1) is 0 Å². The first-order valence-electron chi connectivity index (χ1n) is 6.99. The molecule has 0 saturated carbocycles. The van der Waals surface area contributed by atoms with Crippen LogP contribution in [0.5, 0.6) is 0 Å². The number of hydrogen-bond acceptors (Lipinski definition) is 4. The largest absolute Gasteiger partial charge is 0.330 e. The molecule has 0 aromatic heterocycles. The molecule has 6 nitrogen and oxygen atoms in total. The molecule has 0 aliphatic rings. The van der Waals surface area contributed by atoms with Crippen LogP contribution < -0.4 is 11.1 Å². The van der Waals surface area contributed by atoms with Crippen molar-refractivity contribution in [2.45, 2.75) is 31.6 Å². The Morgan fingerprint density at radius 2 is 1.86 bits per heavy atom. The van der Waals surface area contributed by atoms with Gasteiger partial charge in [0.2, 0.25) is 15.9 Å². The number of benzene rings is 1. The number of nitrogens with one attached hydrogen (secondary N) is 1. The maximum atomic E-state index is 12.6. The molecular formula is C14H23N3O3S. The predicted octanol–water partition coefficient (Wildman–Crippen LogP) is 1.39. The van der Waals surface area contributed by atoms with E-state index in [2.05, 4.69) is 5.32 Å². The van der Waals surface area contributed by atoms with Crippen LogP contribution in [0.1, 0.15) is 26.7 Å². The quantitative estimate of drug-likeness (QED) is 0.758. The smallest absolute Gasteiger partial charge is 0.243 e. The second-order valence-corrected chi connectivity index (χ2v) is 6.69. The minimum atomic E-state index is -3.52. The summed E-state index contributed by atoms with van der Waals surface area (Å²) in [6.45, 7) is 4.68. The Balaban J connectivity index is 2.95. The van der Waals surface area contributed by atoms with Gasteiger partial charge in [-0.15, -0.1) is 0 Å². The van der Waals surface area contributed by atoms with Crippen LogP contribution in [0.3, 0.4) is 0 Å². The van der Waals surface area contributed by atoms with Crippen LogP contribution in [-0.2, 0) is 14.8 Å². The van der Waals surface area contributed by atoms with Crippen molar-refractivity contribution < 1.29 is 13.2 Å². The molecule has 118 valence electrons. The van der Waals surface area contributed by atoms with E-state index in [-0.39, 0.29) is 10.8 Å². The number of carbonyl (C=O) groups excluding carboxylic acids is 1. The summed E-state index contributed by atoms with van der Waals surface area (Å²) in [4.78, 5) is 11.2. The summed E-state index contributed by atoms with van der Waals surface area (Å²) < 4.78 is 26.6. The molecule has 0 saturated heterocycles. The fourth-order valence-corrected chi connectivity index (χ4v) is 3.50. The number of rotatable bonds is 8. The normalized spacial score (nSPS) is 11.6. The molecule has 0 fully saturated rings. The van der Waals surface area contributed by atoms with Crippen molar-refractivity contribution in [3.63, 3.8) is 0 Å². The minimum absolute atomic E-state index is 0.193. The van der Waals surface area contributed by atoms with Gasteiger partial charge in [0.05, 0.1) is 4.90 Å². The molecule has 0 aliphatic heterocycles. The number of nitrogens with zero attached hydrogens (tertiary/aromatic N) is 1. The first kappa shape index (κ1) is 17.6. The van der Waals surface area contributed by atoms with E-state index in [1.54, 1.807) is 12.1 Å². The van der Waals surface area contributed by atoms with Gasteiger partial charge in [0.25, 0.3) is 0 Å². The standard InChI is InChI=1S/C14H23N3O3S/c1-3-10-17(11-4-9-15)21(19,20)14-7-5-13(6-8-14)16-12(2)18/h5-8H,3-4,9-11,15H2,1-2H3,(H,16,18). The summed E-state index contributed by atoms with van der Waals surface area (Å²) in [5.74, 6) is -0.193. The number of nitrogens with two attached hydrogens (primary N) is 1. The lowest BCUT2D eigenvalue weighted by Crippen LogP contribution is -2.33. The van der Waals surface area contributed by atoms with E-state index in [0.717, 1.165) is 6.42 Å². The van der Waals surface area contributed by atoms with E-state index >= 15 is 0 Å². The molecule has 0 bridgehead atoms. The van der Waals surface area contributed by atoms with E-state index in [1.165, 1.54) is 23.4 Å². The van der Waals surface area contributed by atoms with Gasteiger partial charge in [0.1, 0.15) is 0 Å². The van der Waals surface area contributed by atoms with Gasteiger partial charge in [-0.25, -0.2) is 8.42 Å². The molecule has 1 amide bonds. The van der Waals surface area contributed by atoms with Crippen molar-refractivity contribution in [3.8, 4) is 0 Å². The van der Waals surface area contributed by atoms with Crippen molar-refractivity contribution in [1.82, 2.24) is 4.31 Å². The second kappa shape index (κ2) is 8.11. The summed E-state index contributed by atoms with van der Waals surface area (Å²) in [6, 6.07) is 6.18. The first-order valence-corrected chi connectivity index (χ1v) is 8.43. The number of sulfonamides is 1. The number of hydrogen-bond donors (Lipinski definition) is 2. The molecule has 1 aromatic carbocycles. The third-order valence-corrected chi connectivity index (χ3v) is 4.81. The topological polar surface area (TPSA) is 92.5 Å². The van der Waals surface area contributed by atoms with Crippen LogP contribution >= 0.6 is 0 Å². The molecular weight excluding hydrogens is 290 g/mol. The van der Waals surface area contributed by atoms with Gasteiger partial charge >= 0.3 is 0 Å². The molecule has 1 rings (SSSR count). The lowest BCUT2D eigenvalue weighted by molar-refractivity contribution is -0.114. The zero-order valence-electron chi connectivity index (χ0n) is 12.5. The third-order valence-electron chi connectivity index (χ3n) is 2.90. The third kappa shape index (κ3) is 5.11. The van der Waals surface area contributed by atoms with Gasteiger partial charge in [0.15, 0.2) is 0 Å². The highest BCUT2D eigenvalue weighted by molar-refractivity contribution is 7.89. The minimum Gasteiger partial charge on any atom is -0.330 e. The monoisotopic (exact) mass is 313 g/mol. The summed E-state index contributed by atoms with van der Waals surface area (Å²) in [5.41, 5.74) is 6.03. The fraction of sp³-hybridized carbons (Fsp3) is 0.500.